The van der Waals surface area contributed by atoms with Crippen LogP contribution in [0.25, 0.3) is 0 Å². The molecule has 0 bridgehead atoms. The third kappa shape index (κ3) is 6.08. The van der Waals surface area contributed by atoms with Gasteiger partial charge in [0.05, 0.1) is 28.9 Å². The second kappa shape index (κ2) is 8.51. The number of carbonyl (C=O) groups is 2. The Bertz CT molecular complexity index is 1120. The molecule has 0 atom stereocenters. The SMILES string of the molecule is N=C(N)CC(=O)c1cc(C#Cc2ccc(C(F)(F)F)c(C(N)=O)c2)cc(C(F)(F)F)c1. The summed E-state index contributed by atoms with van der Waals surface area (Å²) in [5, 5.41) is 7.10. The topological polar surface area (TPSA) is 110 Å². The maximum absolute atomic E-state index is 13.2. The number of amides is 1. The average Bonchev–Trinajstić information content (AvgIpc) is 2.63. The smallest absolute Gasteiger partial charge is 0.387 e. The number of hydrogen-bond donors (Lipinski definition) is 3. The molecule has 1 amide bonds. The molecule has 2 aromatic rings. The zero-order chi connectivity index (χ0) is 23.6. The Morgan fingerprint density at radius 1 is 0.871 bits per heavy atom. The fraction of sp³-hybridized carbons (Fsp3) is 0.150. The van der Waals surface area contributed by atoms with Gasteiger partial charge in [0, 0.05) is 16.7 Å². The van der Waals surface area contributed by atoms with Crippen molar-refractivity contribution in [1.82, 2.24) is 0 Å². The van der Waals surface area contributed by atoms with Crippen LogP contribution in [0.4, 0.5) is 26.3 Å². The summed E-state index contributed by atoms with van der Waals surface area (Å²) < 4.78 is 78.3. The van der Waals surface area contributed by atoms with Gasteiger partial charge in [0.2, 0.25) is 5.91 Å². The summed E-state index contributed by atoms with van der Waals surface area (Å²) in [6, 6.07) is 4.55. The predicted octanol–water partition coefficient (Wildman–Crippen LogP) is 3.73. The number of ketones is 1. The Morgan fingerprint density at radius 3 is 2.00 bits per heavy atom. The van der Waals surface area contributed by atoms with E-state index in [0.29, 0.717) is 18.2 Å². The number of benzene rings is 2. The third-order valence-electron chi connectivity index (χ3n) is 3.87. The lowest BCUT2D eigenvalue weighted by Crippen LogP contribution is -2.18. The Kier molecular flexibility index (Phi) is 6.44. The first-order chi connectivity index (χ1) is 14.2. The van der Waals surface area contributed by atoms with Gasteiger partial charge in [0.15, 0.2) is 5.78 Å². The van der Waals surface area contributed by atoms with Crippen LogP contribution in [0.5, 0.6) is 0 Å². The fourth-order valence-corrected chi connectivity index (χ4v) is 2.52. The van der Waals surface area contributed by atoms with E-state index in [2.05, 4.69) is 11.8 Å². The van der Waals surface area contributed by atoms with E-state index in [4.69, 9.17) is 16.9 Å². The van der Waals surface area contributed by atoms with Gasteiger partial charge < -0.3 is 11.5 Å². The van der Waals surface area contributed by atoms with Crippen molar-refractivity contribution in [1.29, 1.82) is 5.41 Å². The Morgan fingerprint density at radius 2 is 1.48 bits per heavy atom. The van der Waals surface area contributed by atoms with Gasteiger partial charge in [-0.2, -0.15) is 26.3 Å². The second-order valence-corrected chi connectivity index (χ2v) is 6.29. The van der Waals surface area contributed by atoms with Crippen LogP contribution >= 0.6 is 0 Å². The van der Waals surface area contributed by atoms with Crippen LogP contribution in [-0.2, 0) is 12.4 Å². The number of nitrogens with one attached hydrogen (secondary N) is 1. The van der Waals surface area contributed by atoms with Gasteiger partial charge in [0.1, 0.15) is 0 Å². The second-order valence-electron chi connectivity index (χ2n) is 6.29. The summed E-state index contributed by atoms with van der Waals surface area (Å²) in [6.45, 7) is 0. The summed E-state index contributed by atoms with van der Waals surface area (Å²) in [7, 11) is 0. The first-order valence-electron chi connectivity index (χ1n) is 8.30. The van der Waals surface area contributed by atoms with Gasteiger partial charge in [-0.3, -0.25) is 15.0 Å². The molecule has 0 aliphatic heterocycles. The first-order valence-corrected chi connectivity index (χ1v) is 8.30. The normalized spacial score (nSPS) is 11.4. The number of halogens is 6. The van der Waals surface area contributed by atoms with E-state index in [-0.39, 0.29) is 16.7 Å². The molecule has 0 spiro atoms. The largest absolute Gasteiger partial charge is 0.417 e. The van der Waals surface area contributed by atoms with Gasteiger partial charge in [-0.25, -0.2) is 0 Å². The maximum atomic E-state index is 13.2. The Balaban J connectivity index is 2.54. The van der Waals surface area contributed by atoms with Crippen LogP contribution in [0.15, 0.2) is 36.4 Å². The number of alkyl halides is 6. The molecular formula is C20H13F6N3O2. The van der Waals surface area contributed by atoms with E-state index < -0.39 is 53.0 Å². The molecular weight excluding hydrogens is 428 g/mol. The molecule has 0 aliphatic rings. The number of rotatable bonds is 4. The van der Waals surface area contributed by atoms with Crippen molar-refractivity contribution in [2.45, 2.75) is 18.8 Å². The quantitative estimate of drug-likeness (QED) is 0.221. The summed E-state index contributed by atoms with van der Waals surface area (Å²) in [4.78, 5) is 23.4. The predicted molar refractivity (Wildman–Crippen MR) is 98.2 cm³/mol. The number of Topliss-reactive ketones (excluding diaryl/α,β-unsaturated/α-hetero) is 1. The highest BCUT2D eigenvalue weighted by molar-refractivity contribution is 6.08. The minimum absolute atomic E-state index is 0.115. The van der Waals surface area contributed by atoms with E-state index in [0.717, 1.165) is 18.2 Å². The number of carbonyl (C=O) groups excluding carboxylic acids is 2. The summed E-state index contributed by atoms with van der Waals surface area (Å²) >= 11 is 0. The van der Waals surface area contributed by atoms with Gasteiger partial charge in [-0.05, 0) is 36.4 Å². The standard InChI is InChI=1S/C20H13F6N3O2/c21-19(22,23)13-6-11(5-12(8-13)16(30)9-17(27)28)2-1-10-3-4-15(20(24,25)26)14(7-10)18(29)31/h3-8H,9H2,(H3,27,28)(H2,29,31). The van der Waals surface area contributed by atoms with Crippen LogP contribution in [0, 0.1) is 17.3 Å². The molecule has 5 N–H and O–H groups in total. The molecule has 162 valence electrons. The van der Waals surface area contributed by atoms with Crippen molar-refractivity contribution in [3.05, 3.63) is 69.8 Å². The summed E-state index contributed by atoms with van der Waals surface area (Å²) in [5.74, 6) is 1.94. The van der Waals surface area contributed by atoms with Crippen molar-refractivity contribution < 1.29 is 35.9 Å². The molecule has 0 radical (unpaired) electrons. The summed E-state index contributed by atoms with van der Waals surface area (Å²) in [5.41, 5.74) is 6.00. The van der Waals surface area contributed by atoms with Gasteiger partial charge in [-0.15, -0.1) is 0 Å². The van der Waals surface area contributed by atoms with Crippen LogP contribution < -0.4 is 11.5 Å². The lowest BCUT2D eigenvalue weighted by molar-refractivity contribution is -0.138. The van der Waals surface area contributed by atoms with Crippen LogP contribution in [0.3, 0.4) is 0 Å². The molecule has 0 aliphatic carbocycles. The van der Waals surface area contributed by atoms with E-state index in [1.807, 2.05) is 0 Å². The third-order valence-corrected chi connectivity index (χ3v) is 3.87. The fourth-order valence-electron chi connectivity index (χ4n) is 2.52. The number of hydrogen-bond acceptors (Lipinski definition) is 3. The molecule has 2 rings (SSSR count). The van der Waals surface area contributed by atoms with E-state index in [1.54, 1.807) is 0 Å². The van der Waals surface area contributed by atoms with Crippen molar-refractivity contribution in [2.24, 2.45) is 11.5 Å². The zero-order valence-corrected chi connectivity index (χ0v) is 15.4. The lowest BCUT2D eigenvalue weighted by Gasteiger charge is -2.11. The Hall–Kier alpha value is -3.81. The highest BCUT2D eigenvalue weighted by Crippen LogP contribution is 2.33. The molecule has 0 saturated heterocycles. The van der Waals surface area contributed by atoms with E-state index in [1.165, 1.54) is 0 Å². The van der Waals surface area contributed by atoms with Crippen molar-refractivity contribution in [3.8, 4) is 11.8 Å². The lowest BCUT2D eigenvalue weighted by atomic mass is 10.00. The van der Waals surface area contributed by atoms with Crippen molar-refractivity contribution >= 4 is 17.5 Å². The van der Waals surface area contributed by atoms with Gasteiger partial charge in [-0.1, -0.05) is 11.8 Å². The number of amidine groups is 1. The van der Waals surface area contributed by atoms with E-state index >= 15 is 0 Å². The molecule has 31 heavy (non-hydrogen) atoms. The Labute approximate surface area is 171 Å². The molecule has 0 saturated carbocycles. The molecule has 0 fully saturated rings. The first kappa shape index (κ1) is 23.5. The molecule has 0 aromatic heterocycles. The van der Waals surface area contributed by atoms with E-state index in [9.17, 15) is 35.9 Å². The van der Waals surface area contributed by atoms with Crippen LogP contribution in [0.1, 0.15) is 49.4 Å². The minimum atomic E-state index is -4.84. The molecule has 11 heteroatoms. The molecule has 2 aromatic carbocycles. The minimum Gasteiger partial charge on any atom is -0.387 e. The average molecular weight is 441 g/mol. The highest BCUT2D eigenvalue weighted by Gasteiger charge is 2.35. The molecule has 5 nitrogen and oxygen atoms in total. The molecule has 0 unspecified atom stereocenters. The van der Waals surface area contributed by atoms with Crippen LogP contribution in [0.2, 0.25) is 0 Å². The maximum Gasteiger partial charge on any atom is 0.417 e. The summed E-state index contributed by atoms with van der Waals surface area (Å²) in [6.07, 6.45) is -10.3. The molecule has 0 heterocycles. The number of nitrogens with two attached hydrogens (primary N) is 2. The highest BCUT2D eigenvalue weighted by atomic mass is 19.4. The van der Waals surface area contributed by atoms with Crippen LogP contribution in [-0.4, -0.2) is 17.5 Å². The number of primary amides is 1. The van der Waals surface area contributed by atoms with Crippen molar-refractivity contribution in [3.63, 3.8) is 0 Å². The zero-order valence-electron chi connectivity index (χ0n) is 15.4. The monoisotopic (exact) mass is 441 g/mol. The van der Waals surface area contributed by atoms with Gasteiger partial charge >= 0.3 is 12.4 Å². The van der Waals surface area contributed by atoms with Crippen molar-refractivity contribution in [2.75, 3.05) is 0 Å². The van der Waals surface area contributed by atoms with Gasteiger partial charge in [0.25, 0.3) is 0 Å².